The molecule has 0 saturated carbocycles. The lowest BCUT2D eigenvalue weighted by molar-refractivity contribution is 0.389. The maximum absolute atomic E-state index is 5.35. The molecule has 5 heteroatoms. The van der Waals surface area contributed by atoms with Crippen molar-refractivity contribution in [3.8, 4) is 0 Å². The molecule has 0 aliphatic heterocycles. The van der Waals surface area contributed by atoms with E-state index in [9.17, 15) is 0 Å². The fourth-order valence-electron chi connectivity index (χ4n) is 0.749. The van der Waals surface area contributed by atoms with Crippen LogP contribution in [0.15, 0.2) is 4.52 Å². The highest BCUT2D eigenvalue weighted by atomic mass is 32.2. The average Bonchev–Trinajstić information content (AvgIpc) is 2.45. The van der Waals surface area contributed by atoms with Crippen LogP contribution in [-0.4, -0.2) is 22.4 Å². The van der Waals surface area contributed by atoms with Crippen molar-refractivity contribution in [1.82, 2.24) is 10.1 Å². The summed E-state index contributed by atoms with van der Waals surface area (Å²) >= 11 is 1.78. The van der Waals surface area contributed by atoms with Gasteiger partial charge in [-0.05, 0) is 18.7 Å². The van der Waals surface area contributed by atoms with Gasteiger partial charge < -0.3 is 10.3 Å². The standard InChI is InChI=1S/C7H13N3OS/c1-6-9-7(10-11-6)5-12-4-2-3-8/h2-5,8H2,1H3. The van der Waals surface area contributed by atoms with Gasteiger partial charge in [0.25, 0.3) is 0 Å². The van der Waals surface area contributed by atoms with Gasteiger partial charge in [0.15, 0.2) is 5.82 Å². The van der Waals surface area contributed by atoms with Gasteiger partial charge in [-0.1, -0.05) is 5.16 Å². The average molecular weight is 187 g/mol. The van der Waals surface area contributed by atoms with Crippen LogP contribution in [0.2, 0.25) is 0 Å². The minimum absolute atomic E-state index is 0.629. The second kappa shape index (κ2) is 5.16. The van der Waals surface area contributed by atoms with Crippen molar-refractivity contribution in [2.24, 2.45) is 5.73 Å². The zero-order valence-electron chi connectivity index (χ0n) is 7.12. The molecule has 0 bridgehead atoms. The van der Waals surface area contributed by atoms with Crippen molar-refractivity contribution < 1.29 is 4.52 Å². The topological polar surface area (TPSA) is 64.9 Å². The van der Waals surface area contributed by atoms with Gasteiger partial charge in [0, 0.05) is 6.92 Å². The van der Waals surface area contributed by atoms with Crippen molar-refractivity contribution in [3.63, 3.8) is 0 Å². The number of aromatic nitrogens is 2. The van der Waals surface area contributed by atoms with Crippen LogP contribution in [0.25, 0.3) is 0 Å². The normalized spacial score (nSPS) is 10.5. The molecule has 1 aromatic heterocycles. The molecule has 0 unspecified atom stereocenters. The Hall–Kier alpha value is -0.550. The molecular formula is C7H13N3OS. The molecule has 0 spiro atoms. The first-order valence-corrected chi connectivity index (χ1v) is 5.05. The Morgan fingerprint density at radius 1 is 1.58 bits per heavy atom. The number of hydrogen-bond acceptors (Lipinski definition) is 5. The summed E-state index contributed by atoms with van der Waals surface area (Å²) in [6.45, 7) is 2.54. The summed E-state index contributed by atoms with van der Waals surface area (Å²) in [5, 5.41) is 3.78. The molecule has 1 rings (SSSR count). The molecule has 0 amide bonds. The van der Waals surface area contributed by atoms with Gasteiger partial charge >= 0.3 is 0 Å². The third-order valence-corrected chi connectivity index (χ3v) is 2.33. The Morgan fingerprint density at radius 3 is 3.00 bits per heavy atom. The Morgan fingerprint density at radius 2 is 2.42 bits per heavy atom. The highest BCUT2D eigenvalue weighted by Gasteiger charge is 2.00. The lowest BCUT2D eigenvalue weighted by atomic mass is 10.5. The molecular weight excluding hydrogens is 174 g/mol. The quantitative estimate of drug-likeness (QED) is 0.695. The predicted octanol–water partition coefficient (Wildman–Crippen LogP) is 0.960. The van der Waals surface area contributed by atoms with E-state index in [-0.39, 0.29) is 0 Å². The van der Waals surface area contributed by atoms with E-state index in [0.717, 1.165) is 30.3 Å². The van der Waals surface area contributed by atoms with Gasteiger partial charge in [-0.2, -0.15) is 16.7 Å². The molecule has 0 saturated heterocycles. The predicted molar refractivity (Wildman–Crippen MR) is 48.9 cm³/mol. The van der Waals surface area contributed by atoms with Crippen molar-refractivity contribution >= 4 is 11.8 Å². The number of hydrogen-bond donors (Lipinski definition) is 1. The van der Waals surface area contributed by atoms with Crippen LogP contribution < -0.4 is 5.73 Å². The van der Waals surface area contributed by atoms with E-state index in [1.807, 2.05) is 0 Å². The van der Waals surface area contributed by atoms with E-state index < -0.39 is 0 Å². The number of thioether (sulfide) groups is 1. The molecule has 0 aliphatic carbocycles. The van der Waals surface area contributed by atoms with Crippen LogP contribution in [0.4, 0.5) is 0 Å². The number of nitrogens with two attached hydrogens (primary N) is 1. The fourth-order valence-corrected chi connectivity index (χ4v) is 1.56. The molecule has 12 heavy (non-hydrogen) atoms. The Bertz CT molecular complexity index is 226. The number of nitrogens with zero attached hydrogens (tertiary/aromatic N) is 2. The van der Waals surface area contributed by atoms with Gasteiger partial charge in [0.05, 0.1) is 5.75 Å². The van der Waals surface area contributed by atoms with Crippen molar-refractivity contribution in [2.45, 2.75) is 19.1 Å². The van der Waals surface area contributed by atoms with Crippen LogP contribution >= 0.6 is 11.8 Å². The first-order chi connectivity index (χ1) is 5.83. The van der Waals surface area contributed by atoms with Crippen molar-refractivity contribution in [3.05, 3.63) is 11.7 Å². The smallest absolute Gasteiger partial charge is 0.223 e. The maximum atomic E-state index is 5.35. The van der Waals surface area contributed by atoms with Crippen molar-refractivity contribution in [2.75, 3.05) is 12.3 Å². The molecule has 0 aliphatic rings. The SMILES string of the molecule is Cc1nc(CSCCCN)no1. The third kappa shape index (κ3) is 3.23. The lowest BCUT2D eigenvalue weighted by Gasteiger charge is -1.94. The van der Waals surface area contributed by atoms with Gasteiger partial charge in [0.1, 0.15) is 0 Å². The van der Waals surface area contributed by atoms with Crippen LogP contribution in [0.5, 0.6) is 0 Å². The van der Waals surface area contributed by atoms with Crippen molar-refractivity contribution in [1.29, 1.82) is 0 Å². The zero-order valence-corrected chi connectivity index (χ0v) is 7.93. The van der Waals surface area contributed by atoms with Crippen LogP contribution in [-0.2, 0) is 5.75 Å². The van der Waals surface area contributed by atoms with E-state index in [0.29, 0.717) is 5.89 Å². The largest absolute Gasteiger partial charge is 0.340 e. The summed E-state index contributed by atoms with van der Waals surface area (Å²) in [6.07, 6.45) is 1.04. The van der Waals surface area contributed by atoms with Crippen LogP contribution in [0, 0.1) is 6.92 Å². The van der Waals surface area contributed by atoms with Crippen LogP contribution in [0.3, 0.4) is 0 Å². The molecule has 1 aromatic rings. The lowest BCUT2D eigenvalue weighted by Crippen LogP contribution is -1.99. The maximum Gasteiger partial charge on any atom is 0.223 e. The third-order valence-electron chi connectivity index (χ3n) is 1.29. The summed E-state index contributed by atoms with van der Waals surface area (Å²) in [4.78, 5) is 4.08. The van der Waals surface area contributed by atoms with Gasteiger partial charge in [-0.15, -0.1) is 0 Å². The first-order valence-electron chi connectivity index (χ1n) is 3.90. The van der Waals surface area contributed by atoms with E-state index in [2.05, 4.69) is 10.1 Å². The van der Waals surface area contributed by atoms with Gasteiger partial charge in [0.2, 0.25) is 5.89 Å². The van der Waals surface area contributed by atoms with Gasteiger partial charge in [-0.25, -0.2) is 0 Å². The summed E-state index contributed by atoms with van der Waals surface area (Å²) in [7, 11) is 0. The molecule has 2 N–H and O–H groups in total. The molecule has 0 fully saturated rings. The van der Waals surface area contributed by atoms with E-state index in [4.69, 9.17) is 10.3 Å². The summed E-state index contributed by atoms with van der Waals surface area (Å²) in [5.41, 5.74) is 5.35. The summed E-state index contributed by atoms with van der Waals surface area (Å²) in [5.74, 6) is 3.28. The van der Waals surface area contributed by atoms with E-state index >= 15 is 0 Å². The van der Waals surface area contributed by atoms with E-state index in [1.165, 1.54) is 0 Å². The van der Waals surface area contributed by atoms with E-state index in [1.54, 1.807) is 18.7 Å². The Balaban J connectivity index is 2.15. The molecule has 0 atom stereocenters. The first kappa shape index (κ1) is 9.54. The number of aryl methyl sites for hydroxylation is 1. The molecule has 1 heterocycles. The Labute approximate surface area is 75.9 Å². The minimum atomic E-state index is 0.629. The summed E-state index contributed by atoms with van der Waals surface area (Å²) < 4.78 is 4.82. The monoisotopic (exact) mass is 187 g/mol. The highest BCUT2D eigenvalue weighted by molar-refractivity contribution is 7.98. The summed E-state index contributed by atoms with van der Waals surface area (Å²) in [6, 6.07) is 0. The molecule has 0 aromatic carbocycles. The minimum Gasteiger partial charge on any atom is -0.340 e. The number of rotatable bonds is 5. The molecule has 4 nitrogen and oxygen atoms in total. The zero-order chi connectivity index (χ0) is 8.81. The second-order valence-corrected chi connectivity index (χ2v) is 3.53. The molecule has 68 valence electrons. The van der Waals surface area contributed by atoms with Gasteiger partial charge in [-0.3, -0.25) is 0 Å². The second-order valence-electron chi connectivity index (χ2n) is 2.42. The Kier molecular flexibility index (Phi) is 4.10. The molecule has 0 radical (unpaired) electrons. The fraction of sp³-hybridized carbons (Fsp3) is 0.714. The van der Waals surface area contributed by atoms with Crippen LogP contribution in [0.1, 0.15) is 18.1 Å². The highest BCUT2D eigenvalue weighted by Crippen LogP contribution is 2.09.